The fraction of sp³-hybridized carbons (Fsp3) is 0.323. The molecule has 0 unspecified atom stereocenters. The Labute approximate surface area is 227 Å². The van der Waals surface area contributed by atoms with Gasteiger partial charge in [-0.2, -0.15) is 0 Å². The molecule has 1 fully saturated rings. The van der Waals surface area contributed by atoms with Crippen LogP contribution in [-0.4, -0.2) is 48.4 Å². The number of amides is 2. The maximum Gasteiger partial charge on any atom is 0.407 e. The summed E-state index contributed by atoms with van der Waals surface area (Å²) in [7, 11) is 0. The number of fused-ring (bicyclic) bond motifs is 3. The molecule has 8 nitrogen and oxygen atoms in total. The van der Waals surface area contributed by atoms with Crippen LogP contribution in [0.2, 0.25) is 0 Å². The summed E-state index contributed by atoms with van der Waals surface area (Å²) in [5, 5.41) is 15.0. The van der Waals surface area contributed by atoms with Gasteiger partial charge in [-0.25, -0.2) is 9.59 Å². The molecule has 0 saturated heterocycles. The molecular formula is C31H32N2O6. The van der Waals surface area contributed by atoms with Crippen molar-refractivity contribution in [3.8, 4) is 11.1 Å². The van der Waals surface area contributed by atoms with E-state index >= 15 is 0 Å². The van der Waals surface area contributed by atoms with Crippen LogP contribution in [0.25, 0.3) is 11.1 Å². The number of carboxylic acids is 1. The molecule has 0 aliphatic heterocycles. The maximum absolute atomic E-state index is 12.7. The highest BCUT2D eigenvalue weighted by atomic mass is 16.5. The molecule has 202 valence electrons. The molecule has 0 bridgehead atoms. The lowest BCUT2D eigenvalue weighted by atomic mass is 9.98. The zero-order chi connectivity index (χ0) is 27.4. The van der Waals surface area contributed by atoms with Gasteiger partial charge in [0, 0.05) is 18.4 Å². The van der Waals surface area contributed by atoms with Gasteiger partial charge in [0.05, 0.1) is 12.7 Å². The highest BCUT2D eigenvalue weighted by Gasteiger charge is 2.44. The van der Waals surface area contributed by atoms with Gasteiger partial charge in [-0.15, -0.1) is 0 Å². The molecule has 8 heteroatoms. The van der Waals surface area contributed by atoms with Crippen LogP contribution < -0.4 is 10.6 Å². The fourth-order valence-electron chi connectivity index (χ4n) is 5.20. The van der Waals surface area contributed by atoms with Crippen LogP contribution >= 0.6 is 0 Å². The van der Waals surface area contributed by atoms with Crippen LogP contribution in [0.15, 0.2) is 78.9 Å². The van der Waals surface area contributed by atoms with Crippen molar-refractivity contribution < 1.29 is 29.0 Å². The van der Waals surface area contributed by atoms with Crippen LogP contribution in [0.4, 0.5) is 4.79 Å². The third kappa shape index (κ3) is 6.12. The first-order valence-electron chi connectivity index (χ1n) is 13.2. The van der Waals surface area contributed by atoms with Crippen molar-refractivity contribution in [3.63, 3.8) is 0 Å². The third-order valence-electron chi connectivity index (χ3n) is 7.50. The quantitative estimate of drug-likeness (QED) is 0.341. The van der Waals surface area contributed by atoms with Gasteiger partial charge < -0.3 is 25.2 Å². The number of carbonyl (C=O) groups is 3. The lowest BCUT2D eigenvalue weighted by Gasteiger charge is -2.22. The van der Waals surface area contributed by atoms with Crippen molar-refractivity contribution >= 4 is 18.0 Å². The van der Waals surface area contributed by atoms with Gasteiger partial charge in [0.15, 0.2) is 6.04 Å². The van der Waals surface area contributed by atoms with E-state index in [-0.39, 0.29) is 43.4 Å². The molecule has 3 aromatic rings. The van der Waals surface area contributed by atoms with Crippen LogP contribution in [0.1, 0.15) is 36.0 Å². The van der Waals surface area contributed by atoms with Gasteiger partial charge >= 0.3 is 12.1 Å². The lowest BCUT2D eigenvalue weighted by molar-refractivity contribution is -0.146. The van der Waals surface area contributed by atoms with E-state index in [1.807, 2.05) is 54.6 Å². The monoisotopic (exact) mass is 528 g/mol. The average molecular weight is 529 g/mol. The largest absolute Gasteiger partial charge is 0.480 e. The number of aliphatic carboxylic acids is 1. The van der Waals surface area contributed by atoms with Crippen molar-refractivity contribution in [2.24, 2.45) is 11.8 Å². The number of alkyl carbamates (subject to hydrolysis) is 1. The fourth-order valence-corrected chi connectivity index (χ4v) is 5.20. The summed E-state index contributed by atoms with van der Waals surface area (Å²) in [4.78, 5) is 37.0. The molecule has 2 amide bonds. The summed E-state index contributed by atoms with van der Waals surface area (Å²) in [5.74, 6) is -1.96. The van der Waals surface area contributed by atoms with Gasteiger partial charge in [-0.3, -0.25) is 4.79 Å². The van der Waals surface area contributed by atoms with Gasteiger partial charge in [0.2, 0.25) is 5.91 Å². The van der Waals surface area contributed by atoms with Crippen LogP contribution in [-0.2, 0) is 25.7 Å². The SMILES string of the molecule is C[C@@H](OCc1ccccc1)[C@H](NC(=O)[C@H]1C[C@H]1CNC(=O)OCC1c2ccccc2-c2ccccc21)C(=O)O. The molecule has 5 rings (SSSR count). The summed E-state index contributed by atoms with van der Waals surface area (Å²) in [6.07, 6.45) is -0.682. The zero-order valence-electron chi connectivity index (χ0n) is 21.7. The molecule has 1 saturated carbocycles. The van der Waals surface area contributed by atoms with Crippen molar-refractivity contribution in [3.05, 3.63) is 95.6 Å². The van der Waals surface area contributed by atoms with E-state index in [2.05, 4.69) is 34.9 Å². The summed E-state index contributed by atoms with van der Waals surface area (Å²) in [6.45, 7) is 2.38. The van der Waals surface area contributed by atoms with Gasteiger partial charge in [-0.05, 0) is 47.1 Å². The maximum atomic E-state index is 12.7. The average Bonchev–Trinajstić information content (AvgIpc) is 3.67. The number of hydrogen-bond donors (Lipinski definition) is 3. The highest BCUT2D eigenvalue weighted by Crippen LogP contribution is 2.44. The second-order valence-electron chi connectivity index (χ2n) is 10.1. The lowest BCUT2D eigenvalue weighted by Crippen LogP contribution is -2.49. The number of benzene rings is 3. The van der Waals surface area contributed by atoms with E-state index < -0.39 is 24.2 Å². The minimum Gasteiger partial charge on any atom is -0.480 e. The van der Waals surface area contributed by atoms with E-state index in [1.165, 1.54) is 0 Å². The van der Waals surface area contributed by atoms with Gasteiger partial charge in [0.25, 0.3) is 0 Å². The van der Waals surface area contributed by atoms with Crippen LogP contribution in [0.5, 0.6) is 0 Å². The molecule has 0 aromatic heterocycles. The van der Waals surface area contributed by atoms with Crippen molar-refractivity contribution in [1.29, 1.82) is 0 Å². The smallest absolute Gasteiger partial charge is 0.407 e. The number of nitrogens with one attached hydrogen (secondary N) is 2. The van der Waals surface area contributed by atoms with E-state index in [0.29, 0.717) is 6.42 Å². The van der Waals surface area contributed by atoms with E-state index in [0.717, 1.165) is 27.8 Å². The molecule has 3 N–H and O–H groups in total. The number of carbonyl (C=O) groups excluding carboxylic acids is 2. The molecule has 0 radical (unpaired) electrons. The Morgan fingerprint density at radius 2 is 1.54 bits per heavy atom. The summed E-state index contributed by atoms with van der Waals surface area (Å²) >= 11 is 0. The van der Waals surface area contributed by atoms with E-state index in [1.54, 1.807) is 6.92 Å². The first-order chi connectivity index (χ1) is 18.9. The Balaban J connectivity index is 1.06. The predicted octanol–water partition coefficient (Wildman–Crippen LogP) is 4.34. The molecule has 2 aliphatic carbocycles. The van der Waals surface area contributed by atoms with Gasteiger partial charge in [-0.1, -0.05) is 78.9 Å². The number of hydrogen-bond acceptors (Lipinski definition) is 5. The summed E-state index contributed by atoms with van der Waals surface area (Å²) in [5.41, 5.74) is 5.52. The Kier molecular flexibility index (Phi) is 7.93. The minimum atomic E-state index is -1.17. The van der Waals surface area contributed by atoms with E-state index in [4.69, 9.17) is 9.47 Å². The minimum absolute atomic E-state index is 0.0262. The first kappa shape index (κ1) is 26.4. The zero-order valence-corrected chi connectivity index (χ0v) is 21.7. The third-order valence-corrected chi connectivity index (χ3v) is 7.50. The van der Waals surface area contributed by atoms with Crippen molar-refractivity contribution in [2.75, 3.05) is 13.2 Å². The predicted molar refractivity (Wildman–Crippen MR) is 145 cm³/mol. The molecule has 4 atom stereocenters. The Morgan fingerprint density at radius 3 is 2.18 bits per heavy atom. The second kappa shape index (κ2) is 11.7. The second-order valence-corrected chi connectivity index (χ2v) is 10.1. The normalized spacial score (nSPS) is 18.8. The Morgan fingerprint density at radius 1 is 0.923 bits per heavy atom. The van der Waals surface area contributed by atoms with Crippen molar-refractivity contribution in [2.45, 2.75) is 38.0 Å². The molecule has 3 aromatic carbocycles. The molecule has 0 spiro atoms. The molecule has 39 heavy (non-hydrogen) atoms. The van der Waals surface area contributed by atoms with E-state index in [9.17, 15) is 19.5 Å². The van der Waals surface area contributed by atoms with Crippen LogP contribution in [0, 0.1) is 11.8 Å². The molecule has 2 aliphatic rings. The Bertz CT molecular complexity index is 1300. The number of carboxylic acid groups (broad SMARTS) is 1. The van der Waals surface area contributed by atoms with Crippen LogP contribution in [0.3, 0.4) is 0 Å². The number of rotatable bonds is 11. The highest BCUT2D eigenvalue weighted by molar-refractivity contribution is 5.87. The standard InChI is InChI=1S/C31H32N2O6/c1-19(38-17-20-9-3-2-4-10-20)28(30(35)36)33-29(34)26-15-21(26)16-32-31(37)39-18-27-24-13-7-5-11-22(24)23-12-6-8-14-25(23)27/h2-14,19,21,26-28H,15-18H2,1H3,(H,32,37)(H,33,34)(H,35,36)/t19-,21+,26+,28+/m1/s1. The molecular weight excluding hydrogens is 496 g/mol. The summed E-state index contributed by atoms with van der Waals surface area (Å²) in [6, 6.07) is 24.5. The topological polar surface area (TPSA) is 114 Å². The number of ether oxygens (including phenoxy) is 2. The molecule has 0 heterocycles. The Hall–Kier alpha value is -4.17. The van der Waals surface area contributed by atoms with Crippen molar-refractivity contribution in [1.82, 2.24) is 10.6 Å². The first-order valence-corrected chi connectivity index (χ1v) is 13.2. The van der Waals surface area contributed by atoms with Gasteiger partial charge in [0.1, 0.15) is 6.61 Å². The summed E-state index contributed by atoms with van der Waals surface area (Å²) < 4.78 is 11.3.